The molecule has 0 spiro atoms. The van der Waals surface area contributed by atoms with E-state index >= 15 is 0 Å². The zero-order chi connectivity index (χ0) is 13.6. The van der Waals surface area contributed by atoms with E-state index in [-0.39, 0.29) is 12.3 Å². The van der Waals surface area contributed by atoms with E-state index in [0.717, 1.165) is 25.0 Å². The maximum atomic E-state index is 12.5. The van der Waals surface area contributed by atoms with Gasteiger partial charge in [-0.05, 0) is 18.1 Å². The minimum Gasteiger partial charge on any atom is -0.356 e. The van der Waals surface area contributed by atoms with Gasteiger partial charge in [0.25, 0.3) is 0 Å². The summed E-state index contributed by atoms with van der Waals surface area (Å²) in [6.07, 6.45) is -2.56. The van der Waals surface area contributed by atoms with Crippen LogP contribution in [-0.2, 0) is 17.4 Å². The Morgan fingerprint density at radius 1 is 1.33 bits per heavy atom. The number of carbonyl (C=O) groups is 1. The molecule has 0 saturated carbocycles. The maximum absolute atomic E-state index is 12.5. The van der Waals surface area contributed by atoms with E-state index in [9.17, 15) is 18.0 Å². The summed E-state index contributed by atoms with van der Waals surface area (Å²) in [7, 11) is 0. The van der Waals surface area contributed by atoms with E-state index in [1.54, 1.807) is 0 Å². The molecule has 0 aliphatic heterocycles. The lowest BCUT2D eigenvalue weighted by Crippen LogP contribution is -2.26. The van der Waals surface area contributed by atoms with Crippen LogP contribution in [0.15, 0.2) is 24.3 Å². The summed E-state index contributed by atoms with van der Waals surface area (Å²) in [6.45, 7) is 2.56. The van der Waals surface area contributed by atoms with Crippen LogP contribution in [-0.4, -0.2) is 12.5 Å². The van der Waals surface area contributed by atoms with Crippen molar-refractivity contribution in [1.82, 2.24) is 5.32 Å². The molecule has 0 fully saturated rings. The van der Waals surface area contributed by atoms with Crippen LogP contribution in [0.5, 0.6) is 0 Å². The summed E-state index contributed by atoms with van der Waals surface area (Å²) >= 11 is 0. The van der Waals surface area contributed by atoms with Crippen LogP contribution in [0.1, 0.15) is 30.9 Å². The fraction of sp³-hybridized carbons (Fsp3) is 0.462. The summed E-state index contributed by atoms with van der Waals surface area (Å²) in [6, 6.07) is 4.85. The summed E-state index contributed by atoms with van der Waals surface area (Å²) in [5.74, 6) is -0.247. The molecule has 0 heterocycles. The number of rotatable bonds is 5. The number of halogens is 3. The zero-order valence-corrected chi connectivity index (χ0v) is 10.2. The fourth-order valence-electron chi connectivity index (χ4n) is 1.51. The number of hydrogen-bond donors (Lipinski definition) is 1. The van der Waals surface area contributed by atoms with Crippen LogP contribution in [0.3, 0.4) is 0 Å². The van der Waals surface area contributed by atoms with Crippen molar-refractivity contribution in [2.75, 3.05) is 6.54 Å². The van der Waals surface area contributed by atoms with Gasteiger partial charge in [-0.25, -0.2) is 0 Å². The standard InChI is InChI=1S/C13H16F3NO/c1-2-3-7-17-12(18)9-10-5-4-6-11(8-10)13(14,15)16/h4-6,8H,2-3,7,9H2,1H3,(H,17,18). The van der Waals surface area contributed by atoms with Crippen molar-refractivity contribution < 1.29 is 18.0 Å². The lowest BCUT2D eigenvalue weighted by atomic mass is 10.1. The Hall–Kier alpha value is -1.52. The summed E-state index contributed by atoms with van der Waals surface area (Å²) in [4.78, 5) is 11.5. The van der Waals surface area contributed by atoms with Crippen molar-refractivity contribution in [3.8, 4) is 0 Å². The van der Waals surface area contributed by atoms with E-state index in [1.165, 1.54) is 12.1 Å². The molecule has 0 saturated heterocycles. The van der Waals surface area contributed by atoms with Crippen LogP contribution in [0, 0.1) is 0 Å². The van der Waals surface area contributed by atoms with E-state index in [2.05, 4.69) is 5.32 Å². The van der Waals surface area contributed by atoms with Crippen LogP contribution in [0.2, 0.25) is 0 Å². The molecule has 0 unspecified atom stereocenters. The Balaban J connectivity index is 2.60. The van der Waals surface area contributed by atoms with Gasteiger partial charge in [-0.2, -0.15) is 13.2 Å². The second kappa shape index (κ2) is 6.42. The number of alkyl halides is 3. The molecule has 0 aliphatic carbocycles. The first-order valence-electron chi connectivity index (χ1n) is 5.86. The topological polar surface area (TPSA) is 29.1 Å². The zero-order valence-electron chi connectivity index (χ0n) is 10.2. The minimum absolute atomic E-state index is 0.0202. The molecule has 5 heteroatoms. The van der Waals surface area contributed by atoms with Gasteiger partial charge in [0.2, 0.25) is 5.91 Å². The minimum atomic E-state index is -4.37. The third-order valence-corrected chi connectivity index (χ3v) is 2.47. The number of hydrogen-bond acceptors (Lipinski definition) is 1. The molecule has 1 aromatic carbocycles. The van der Waals surface area contributed by atoms with Gasteiger partial charge in [-0.3, -0.25) is 4.79 Å². The molecule has 0 atom stereocenters. The molecule has 1 aromatic rings. The number of unbranched alkanes of at least 4 members (excludes halogenated alkanes) is 1. The van der Waals surface area contributed by atoms with E-state index < -0.39 is 11.7 Å². The summed E-state index contributed by atoms with van der Waals surface area (Å²) in [5, 5.41) is 2.67. The maximum Gasteiger partial charge on any atom is 0.416 e. The molecule has 0 bridgehead atoms. The molecule has 1 N–H and O–H groups in total. The highest BCUT2D eigenvalue weighted by atomic mass is 19.4. The Morgan fingerprint density at radius 3 is 2.67 bits per heavy atom. The SMILES string of the molecule is CCCCNC(=O)Cc1cccc(C(F)(F)F)c1. The van der Waals surface area contributed by atoms with E-state index in [4.69, 9.17) is 0 Å². The van der Waals surface area contributed by atoms with Gasteiger partial charge in [0.05, 0.1) is 12.0 Å². The Kier molecular flexibility index (Phi) is 5.19. The second-order valence-electron chi connectivity index (χ2n) is 4.08. The summed E-state index contributed by atoms with van der Waals surface area (Å²) < 4.78 is 37.4. The van der Waals surface area contributed by atoms with Gasteiger partial charge in [-0.1, -0.05) is 31.5 Å². The first-order valence-corrected chi connectivity index (χ1v) is 5.86. The molecule has 0 aliphatic rings. The van der Waals surface area contributed by atoms with Gasteiger partial charge < -0.3 is 5.32 Å². The van der Waals surface area contributed by atoms with Crippen molar-refractivity contribution >= 4 is 5.91 Å². The molecule has 2 nitrogen and oxygen atoms in total. The van der Waals surface area contributed by atoms with Gasteiger partial charge >= 0.3 is 6.18 Å². The van der Waals surface area contributed by atoms with Crippen molar-refractivity contribution in [1.29, 1.82) is 0 Å². The Morgan fingerprint density at radius 2 is 2.06 bits per heavy atom. The third-order valence-electron chi connectivity index (χ3n) is 2.47. The smallest absolute Gasteiger partial charge is 0.356 e. The predicted octanol–water partition coefficient (Wildman–Crippen LogP) is 3.16. The van der Waals surface area contributed by atoms with Crippen molar-refractivity contribution in [2.45, 2.75) is 32.4 Å². The highest BCUT2D eigenvalue weighted by Crippen LogP contribution is 2.29. The normalized spacial score (nSPS) is 11.3. The van der Waals surface area contributed by atoms with E-state index in [1.807, 2.05) is 6.92 Å². The lowest BCUT2D eigenvalue weighted by Gasteiger charge is -2.09. The predicted molar refractivity (Wildman–Crippen MR) is 63.1 cm³/mol. The molecular formula is C13H16F3NO. The average Bonchev–Trinajstić information content (AvgIpc) is 2.28. The quantitative estimate of drug-likeness (QED) is 0.808. The largest absolute Gasteiger partial charge is 0.416 e. The fourth-order valence-corrected chi connectivity index (χ4v) is 1.51. The molecule has 1 amide bonds. The average molecular weight is 259 g/mol. The monoisotopic (exact) mass is 259 g/mol. The lowest BCUT2D eigenvalue weighted by molar-refractivity contribution is -0.137. The first kappa shape index (κ1) is 14.5. The van der Waals surface area contributed by atoms with Gasteiger partial charge in [0.1, 0.15) is 0 Å². The number of amides is 1. The molecule has 0 radical (unpaired) electrons. The first-order chi connectivity index (χ1) is 8.43. The van der Waals surface area contributed by atoms with Gasteiger partial charge in [0, 0.05) is 6.54 Å². The molecular weight excluding hydrogens is 243 g/mol. The molecule has 0 aromatic heterocycles. The van der Waals surface area contributed by atoms with Crippen molar-refractivity contribution in [3.05, 3.63) is 35.4 Å². The highest BCUT2D eigenvalue weighted by Gasteiger charge is 2.30. The van der Waals surface area contributed by atoms with Crippen molar-refractivity contribution in [2.24, 2.45) is 0 Å². The second-order valence-corrected chi connectivity index (χ2v) is 4.08. The number of carbonyl (C=O) groups excluding carboxylic acids is 1. The molecule has 1 rings (SSSR count). The molecule has 18 heavy (non-hydrogen) atoms. The van der Waals surface area contributed by atoms with E-state index in [0.29, 0.717) is 12.1 Å². The number of nitrogens with one attached hydrogen (secondary N) is 1. The highest BCUT2D eigenvalue weighted by molar-refractivity contribution is 5.78. The van der Waals surface area contributed by atoms with Crippen LogP contribution < -0.4 is 5.32 Å². The number of benzene rings is 1. The molecule has 100 valence electrons. The van der Waals surface area contributed by atoms with Crippen molar-refractivity contribution in [3.63, 3.8) is 0 Å². The van der Waals surface area contributed by atoms with Gasteiger partial charge in [-0.15, -0.1) is 0 Å². The Bertz CT molecular complexity index is 401. The van der Waals surface area contributed by atoms with Crippen LogP contribution in [0.4, 0.5) is 13.2 Å². The third kappa shape index (κ3) is 4.77. The van der Waals surface area contributed by atoms with Crippen LogP contribution in [0.25, 0.3) is 0 Å². The summed E-state index contributed by atoms with van der Waals surface area (Å²) in [5.41, 5.74) is -0.347. The Labute approximate surface area is 104 Å². The van der Waals surface area contributed by atoms with Gasteiger partial charge in [0.15, 0.2) is 0 Å². The van der Waals surface area contributed by atoms with Crippen LogP contribution >= 0.6 is 0 Å².